The Morgan fingerprint density at radius 2 is 1.71 bits per heavy atom. The highest BCUT2D eigenvalue weighted by molar-refractivity contribution is 7.18. The number of benzene rings is 1. The van der Waals surface area contributed by atoms with Crippen LogP contribution in [0, 0.1) is 0 Å². The van der Waals surface area contributed by atoms with Crippen molar-refractivity contribution in [3.8, 4) is 5.75 Å². The molecule has 2 fully saturated rings. The van der Waals surface area contributed by atoms with Crippen molar-refractivity contribution >= 4 is 21.6 Å². The fraction of sp³-hybridized carbons (Fsp3) is 0.556. The topological polar surface area (TPSA) is 50.6 Å². The zero-order valence-electron chi connectivity index (χ0n) is 20.0. The van der Waals surface area contributed by atoms with Gasteiger partial charge in [0.1, 0.15) is 10.6 Å². The molecule has 2 aliphatic carbocycles. The minimum absolute atomic E-state index is 0.0990. The Bertz CT molecular complexity index is 1200. The Morgan fingerprint density at radius 3 is 2.41 bits per heavy atom. The summed E-state index contributed by atoms with van der Waals surface area (Å²) >= 11 is 1.74. The molecule has 34 heavy (non-hydrogen) atoms. The van der Waals surface area contributed by atoms with Gasteiger partial charge in [-0.2, -0.15) is 0 Å². The normalized spacial score (nSPS) is 22.3. The second-order valence-electron chi connectivity index (χ2n) is 10.1. The van der Waals surface area contributed by atoms with E-state index in [1.165, 1.54) is 62.3 Å². The van der Waals surface area contributed by atoms with Crippen molar-refractivity contribution in [1.82, 2.24) is 19.4 Å². The number of aromatic nitrogens is 2. The first-order chi connectivity index (χ1) is 16.7. The van der Waals surface area contributed by atoms with Crippen LogP contribution < -0.4 is 10.3 Å². The van der Waals surface area contributed by atoms with Gasteiger partial charge in [-0.05, 0) is 55.4 Å². The molecule has 7 heteroatoms. The molecule has 1 unspecified atom stereocenters. The Kier molecular flexibility index (Phi) is 6.18. The van der Waals surface area contributed by atoms with Gasteiger partial charge < -0.3 is 4.74 Å². The summed E-state index contributed by atoms with van der Waals surface area (Å²) in [5.41, 5.74) is 2.44. The Balaban J connectivity index is 1.17. The van der Waals surface area contributed by atoms with Crippen molar-refractivity contribution in [2.75, 3.05) is 33.3 Å². The van der Waals surface area contributed by atoms with Crippen LogP contribution in [0.4, 0.5) is 0 Å². The second-order valence-corrected chi connectivity index (χ2v) is 11.2. The van der Waals surface area contributed by atoms with E-state index in [0.29, 0.717) is 12.6 Å². The van der Waals surface area contributed by atoms with Crippen molar-refractivity contribution in [2.24, 2.45) is 0 Å². The zero-order chi connectivity index (χ0) is 23.1. The lowest BCUT2D eigenvalue weighted by atomic mass is 9.91. The van der Waals surface area contributed by atoms with Gasteiger partial charge in [0.25, 0.3) is 5.56 Å². The summed E-state index contributed by atoms with van der Waals surface area (Å²) in [6.45, 7) is 5.35. The highest BCUT2D eigenvalue weighted by Crippen LogP contribution is 2.35. The smallest absolute Gasteiger partial charge is 0.262 e. The number of methoxy groups -OCH3 is 1. The lowest BCUT2D eigenvalue weighted by Gasteiger charge is -2.42. The number of aryl methyl sites for hydroxylation is 1. The second kappa shape index (κ2) is 9.44. The molecule has 0 bridgehead atoms. The monoisotopic (exact) mass is 478 g/mol. The van der Waals surface area contributed by atoms with Gasteiger partial charge in [0.15, 0.2) is 0 Å². The highest BCUT2D eigenvalue weighted by atomic mass is 32.1. The summed E-state index contributed by atoms with van der Waals surface area (Å²) < 4.78 is 7.00. The maximum atomic E-state index is 13.4. The fourth-order valence-corrected chi connectivity index (χ4v) is 7.52. The summed E-state index contributed by atoms with van der Waals surface area (Å²) in [6, 6.07) is 9.34. The Hall–Kier alpha value is -2.22. The maximum Gasteiger partial charge on any atom is 0.262 e. The van der Waals surface area contributed by atoms with E-state index >= 15 is 0 Å². The van der Waals surface area contributed by atoms with E-state index < -0.39 is 0 Å². The first-order valence-electron chi connectivity index (χ1n) is 12.8. The van der Waals surface area contributed by atoms with Crippen LogP contribution in [0.15, 0.2) is 35.4 Å². The van der Waals surface area contributed by atoms with Gasteiger partial charge in [-0.1, -0.05) is 25.0 Å². The number of fused-ring (bicyclic) bond motifs is 3. The third-order valence-electron chi connectivity index (χ3n) is 8.23. The quantitative estimate of drug-likeness (QED) is 0.556. The van der Waals surface area contributed by atoms with Crippen LogP contribution in [0.1, 0.15) is 48.1 Å². The van der Waals surface area contributed by atoms with E-state index in [1.54, 1.807) is 29.3 Å². The van der Waals surface area contributed by atoms with Crippen LogP contribution in [0.5, 0.6) is 5.75 Å². The molecule has 0 amide bonds. The van der Waals surface area contributed by atoms with Crippen LogP contribution in [0.3, 0.4) is 0 Å². The summed E-state index contributed by atoms with van der Waals surface area (Å²) in [7, 11) is 1.66. The molecule has 3 aromatic rings. The predicted octanol–water partition coefficient (Wildman–Crippen LogP) is 3.93. The number of thiophene rings is 1. The van der Waals surface area contributed by atoms with Crippen LogP contribution in [-0.2, 0) is 19.4 Å². The molecule has 0 N–H and O–H groups in total. The maximum absolute atomic E-state index is 13.4. The third-order valence-corrected chi connectivity index (χ3v) is 9.39. The van der Waals surface area contributed by atoms with E-state index in [1.807, 2.05) is 24.3 Å². The molecule has 1 atom stereocenters. The van der Waals surface area contributed by atoms with Crippen molar-refractivity contribution in [3.05, 3.63) is 57.0 Å². The van der Waals surface area contributed by atoms with Gasteiger partial charge in [0, 0.05) is 43.1 Å². The standard InChI is InChI=1S/C27H34N4O2S/c1-33-22-9-6-19(7-10-22)17-31-18-28-26-25(27(31)32)23-11-8-21(16-24(23)34-26)30-14-12-29(13-15-30)20-4-2-3-5-20/h6-7,9-10,18,20-21H,2-5,8,11-17H2,1H3. The van der Waals surface area contributed by atoms with Gasteiger partial charge in [-0.25, -0.2) is 4.98 Å². The number of piperazine rings is 1. The van der Waals surface area contributed by atoms with E-state index in [-0.39, 0.29) is 5.56 Å². The first kappa shape index (κ1) is 22.3. The molecule has 0 spiro atoms. The summed E-state index contributed by atoms with van der Waals surface area (Å²) in [5.74, 6) is 0.825. The largest absolute Gasteiger partial charge is 0.497 e. The molecule has 6 nitrogen and oxygen atoms in total. The molecule has 2 aromatic heterocycles. The summed E-state index contributed by atoms with van der Waals surface area (Å²) in [6.07, 6.45) is 10.6. The molecule has 1 aliphatic heterocycles. The molecule has 3 aliphatic rings. The van der Waals surface area contributed by atoms with Gasteiger partial charge in [0.2, 0.25) is 0 Å². The Labute approximate surface area is 205 Å². The average Bonchev–Trinajstić information content (AvgIpc) is 3.54. The predicted molar refractivity (Wildman–Crippen MR) is 137 cm³/mol. The molecule has 3 heterocycles. The molecule has 180 valence electrons. The number of nitrogens with zero attached hydrogens (tertiary/aromatic N) is 4. The van der Waals surface area contributed by atoms with E-state index in [0.717, 1.165) is 46.8 Å². The fourth-order valence-electron chi connectivity index (χ4n) is 6.27. The minimum Gasteiger partial charge on any atom is -0.497 e. The van der Waals surface area contributed by atoms with Crippen LogP contribution in [-0.4, -0.2) is 64.7 Å². The molecule has 1 saturated heterocycles. The SMILES string of the molecule is COc1ccc(Cn2cnc3sc4c(c3c2=O)CCC(N2CCN(C3CCCC3)CC2)C4)cc1. The minimum atomic E-state index is 0.0990. The number of rotatable bonds is 5. The summed E-state index contributed by atoms with van der Waals surface area (Å²) in [4.78, 5) is 25.9. The number of hydrogen-bond donors (Lipinski definition) is 0. The van der Waals surface area contributed by atoms with E-state index in [4.69, 9.17) is 9.72 Å². The van der Waals surface area contributed by atoms with Gasteiger partial charge >= 0.3 is 0 Å². The van der Waals surface area contributed by atoms with Crippen molar-refractivity contribution in [1.29, 1.82) is 0 Å². The molecule has 0 radical (unpaired) electrons. The molecule has 1 saturated carbocycles. The van der Waals surface area contributed by atoms with Gasteiger partial charge in [-0.15, -0.1) is 11.3 Å². The van der Waals surface area contributed by atoms with Crippen molar-refractivity contribution < 1.29 is 4.74 Å². The van der Waals surface area contributed by atoms with Crippen LogP contribution in [0.2, 0.25) is 0 Å². The lowest BCUT2D eigenvalue weighted by Crippen LogP contribution is -2.53. The van der Waals surface area contributed by atoms with Gasteiger partial charge in [-0.3, -0.25) is 19.2 Å². The third kappa shape index (κ3) is 4.18. The van der Waals surface area contributed by atoms with Gasteiger partial charge in [0.05, 0.1) is 25.4 Å². The van der Waals surface area contributed by atoms with Crippen LogP contribution >= 0.6 is 11.3 Å². The molecular weight excluding hydrogens is 444 g/mol. The Morgan fingerprint density at radius 1 is 1.00 bits per heavy atom. The lowest BCUT2D eigenvalue weighted by molar-refractivity contribution is 0.0661. The zero-order valence-corrected chi connectivity index (χ0v) is 20.9. The highest BCUT2D eigenvalue weighted by Gasteiger charge is 2.32. The molecular formula is C27H34N4O2S. The van der Waals surface area contributed by atoms with Crippen molar-refractivity contribution in [2.45, 2.75) is 63.6 Å². The van der Waals surface area contributed by atoms with Crippen LogP contribution in [0.25, 0.3) is 10.2 Å². The number of hydrogen-bond acceptors (Lipinski definition) is 6. The average molecular weight is 479 g/mol. The van der Waals surface area contributed by atoms with Crippen molar-refractivity contribution in [3.63, 3.8) is 0 Å². The van der Waals surface area contributed by atoms with E-state index in [2.05, 4.69) is 9.80 Å². The summed E-state index contributed by atoms with van der Waals surface area (Å²) in [5, 5.41) is 0.862. The first-order valence-corrected chi connectivity index (χ1v) is 13.6. The molecule has 6 rings (SSSR count). The molecule has 1 aromatic carbocycles. The van der Waals surface area contributed by atoms with E-state index in [9.17, 15) is 4.79 Å². The number of ether oxygens (including phenoxy) is 1.